The Balaban J connectivity index is 1.19. The molecule has 306 valence electrons. The van der Waals surface area contributed by atoms with Crippen molar-refractivity contribution in [2.45, 2.75) is 121 Å². The molecule has 1 unspecified atom stereocenters. The number of amides is 3. The van der Waals surface area contributed by atoms with Crippen molar-refractivity contribution in [2.75, 3.05) is 26.1 Å². The summed E-state index contributed by atoms with van der Waals surface area (Å²) >= 11 is 1.53. The van der Waals surface area contributed by atoms with Gasteiger partial charge >= 0.3 is 12.1 Å². The molecule has 5 atom stereocenters. The minimum absolute atomic E-state index is 0.0282. The molecule has 3 aromatic rings. The number of thiazole rings is 1. The highest BCUT2D eigenvalue weighted by molar-refractivity contribution is 7.14. The average molecular weight is 803 g/mol. The van der Waals surface area contributed by atoms with Gasteiger partial charge < -0.3 is 39.8 Å². The molecule has 1 aromatic carbocycles. The van der Waals surface area contributed by atoms with E-state index in [9.17, 15) is 19.2 Å². The molecular weight excluding hydrogens is 749 g/mol. The third-order valence-electron chi connectivity index (χ3n) is 11.7. The van der Waals surface area contributed by atoms with Gasteiger partial charge in [-0.3, -0.25) is 9.59 Å². The van der Waals surface area contributed by atoms with Crippen LogP contribution in [0.15, 0.2) is 42.3 Å². The lowest BCUT2D eigenvalue weighted by Gasteiger charge is -2.35. The number of carbonyl (C=O) groups excluding carboxylic acids is 4. The summed E-state index contributed by atoms with van der Waals surface area (Å²) < 4.78 is 23.1. The third-order valence-corrected chi connectivity index (χ3v) is 12.5. The Morgan fingerprint density at radius 3 is 2.40 bits per heavy atom. The predicted octanol–water partition coefficient (Wildman–Crippen LogP) is 6.39. The van der Waals surface area contributed by atoms with E-state index < -0.39 is 53.0 Å². The fourth-order valence-electron chi connectivity index (χ4n) is 8.40. The maximum Gasteiger partial charge on any atom is 0.408 e. The second-order valence-electron chi connectivity index (χ2n) is 16.8. The van der Waals surface area contributed by atoms with Gasteiger partial charge in [-0.15, -0.1) is 17.9 Å². The van der Waals surface area contributed by atoms with E-state index in [0.29, 0.717) is 46.3 Å². The van der Waals surface area contributed by atoms with Crippen LogP contribution in [0.4, 0.5) is 9.93 Å². The molecule has 4 aliphatic rings. The average Bonchev–Trinajstić information content (AvgIpc) is 3.83. The number of carbonyl (C=O) groups is 4. The van der Waals surface area contributed by atoms with E-state index in [1.54, 1.807) is 13.2 Å². The first-order valence-corrected chi connectivity index (χ1v) is 20.9. The standard InChI is InChI=1S/C42H54N6O8S/c1-7-24-21-42(24,38(51)54-6)47-36(49)33-19-28(22-48(33)37(50)35(41(2,3)4)46-40(52)56-26-14-10-11-15-26)55-34-20-31(44-30-18-27(53-5)16-17-29(30)34)32-23-57-39(45-32)43-25-12-8-9-13-25/h7,16-18,20,23-26,28,33,35H,1,8-15,19,21-22H2,2-6H3,(H,43,45)(H,46,52)(H,47,49)/t24?,28-,33+,35-,42-/m1/s1. The van der Waals surface area contributed by atoms with Crippen molar-refractivity contribution in [2.24, 2.45) is 11.3 Å². The number of hydrogen-bond acceptors (Lipinski definition) is 12. The van der Waals surface area contributed by atoms with Crippen molar-refractivity contribution in [3.63, 3.8) is 0 Å². The number of rotatable bonds is 13. The molecule has 15 heteroatoms. The molecule has 0 bridgehead atoms. The van der Waals surface area contributed by atoms with E-state index >= 15 is 0 Å². The quantitative estimate of drug-likeness (QED) is 0.129. The monoisotopic (exact) mass is 802 g/mol. The summed E-state index contributed by atoms with van der Waals surface area (Å²) in [6, 6.07) is 5.70. The number of likely N-dealkylation sites (tertiary alicyclic amines) is 1. The summed E-state index contributed by atoms with van der Waals surface area (Å²) in [6.07, 6.45) is 8.71. The molecule has 0 radical (unpaired) electrons. The molecule has 4 fully saturated rings. The number of esters is 1. The normalized spacial score (nSPS) is 24.2. The van der Waals surface area contributed by atoms with Crippen molar-refractivity contribution in [1.82, 2.24) is 25.5 Å². The predicted molar refractivity (Wildman–Crippen MR) is 216 cm³/mol. The van der Waals surface area contributed by atoms with Crippen LogP contribution >= 0.6 is 11.3 Å². The van der Waals surface area contributed by atoms with Crippen LogP contribution in [0.5, 0.6) is 11.5 Å². The Morgan fingerprint density at radius 2 is 1.74 bits per heavy atom. The van der Waals surface area contributed by atoms with Gasteiger partial charge in [0.05, 0.1) is 32.0 Å². The molecule has 1 aliphatic heterocycles. The second kappa shape index (κ2) is 16.5. The molecule has 3 saturated carbocycles. The zero-order chi connectivity index (χ0) is 40.5. The molecule has 0 spiro atoms. The number of anilines is 1. The first-order chi connectivity index (χ1) is 27.3. The number of benzene rings is 1. The van der Waals surface area contributed by atoms with Crippen LogP contribution in [0.1, 0.15) is 85.0 Å². The van der Waals surface area contributed by atoms with E-state index in [-0.39, 0.29) is 25.0 Å². The van der Waals surface area contributed by atoms with Gasteiger partial charge in [0, 0.05) is 41.3 Å². The lowest BCUT2D eigenvalue weighted by molar-refractivity contribution is -0.148. The number of pyridine rings is 1. The smallest absolute Gasteiger partial charge is 0.408 e. The number of hydrogen-bond donors (Lipinski definition) is 3. The zero-order valence-electron chi connectivity index (χ0n) is 33.4. The van der Waals surface area contributed by atoms with Gasteiger partial charge in [0.15, 0.2) is 5.13 Å². The Morgan fingerprint density at radius 1 is 1.00 bits per heavy atom. The van der Waals surface area contributed by atoms with Crippen molar-refractivity contribution in [3.05, 3.63) is 42.3 Å². The van der Waals surface area contributed by atoms with Crippen LogP contribution < -0.4 is 25.4 Å². The van der Waals surface area contributed by atoms with Crippen molar-refractivity contribution in [3.8, 4) is 22.9 Å². The lowest BCUT2D eigenvalue weighted by Crippen LogP contribution is -2.59. The van der Waals surface area contributed by atoms with Crippen molar-refractivity contribution in [1.29, 1.82) is 0 Å². The van der Waals surface area contributed by atoms with Gasteiger partial charge in [0.1, 0.15) is 47.0 Å². The largest absolute Gasteiger partial charge is 0.497 e. The van der Waals surface area contributed by atoms with E-state index in [1.807, 2.05) is 50.4 Å². The summed E-state index contributed by atoms with van der Waals surface area (Å²) in [5.74, 6) is -0.767. The van der Waals surface area contributed by atoms with Crippen molar-refractivity contribution >= 4 is 51.2 Å². The molecule has 3 aliphatic carbocycles. The Labute approximate surface area is 337 Å². The van der Waals surface area contributed by atoms with Gasteiger partial charge in [-0.05, 0) is 62.5 Å². The molecule has 3 amide bonds. The Bertz CT molecular complexity index is 2000. The molecular formula is C42H54N6O8S. The SMILES string of the molecule is C=CC1C[C@]1(NC(=O)[C@@H]1C[C@@H](Oc2cc(-c3csc(NC4CCCC4)n3)nc3cc(OC)ccc23)CN1C(=O)[C@@H](NC(=O)OC1CCCC1)C(C)(C)C)C(=O)OC. The second-order valence-corrected chi connectivity index (χ2v) is 17.6. The number of methoxy groups -OCH3 is 2. The fraction of sp³-hybridized carbons (Fsp3) is 0.571. The molecule has 2 aromatic heterocycles. The van der Waals surface area contributed by atoms with Crippen LogP contribution in [-0.2, 0) is 23.9 Å². The number of ether oxygens (including phenoxy) is 4. The topological polar surface area (TPSA) is 170 Å². The number of aromatic nitrogens is 2. The van der Waals surface area contributed by atoms with Crippen LogP contribution in [-0.4, -0.2) is 95.4 Å². The van der Waals surface area contributed by atoms with E-state index in [0.717, 1.165) is 43.7 Å². The number of nitrogens with zero attached hydrogens (tertiary/aromatic N) is 3. The highest BCUT2D eigenvalue weighted by Crippen LogP contribution is 2.46. The first-order valence-electron chi connectivity index (χ1n) is 20.0. The lowest BCUT2D eigenvalue weighted by atomic mass is 9.85. The van der Waals surface area contributed by atoms with Crippen LogP contribution in [0.2, 0.25) is 0 Å². The number of fused-ring (bicyclic) bond motifs is 1. The molecule has 14 nitrogen and oxygen atoms in total. The van der Waals surface area contributed by atoms with Gasteiger partial charge in [-0.25, -0.2) is 19.6 Å². The van der Waals surface area contributed by atoms with Gasteiger partial charge in [-0.1, -0.05) is 39.7 Å². The summed E-state index contributed by atoms with van der Waals surface area (Å²) in [6.45, 7) is 9.40. The van der Waals surface area contributed by atoms with Crippen LogP contribution in [0, 0.1) is 11.3 Å². The van der Waals surface area contributed by atoms with E-state index in [2.05, 4.69) is 22.5 Å². The van der Waals surface area contributed by atoms with Gasteiger partial charge in [-0.2, -0.15) is 0 Å². The van der Waals surface area contributed by atoms with E-state index in [4.69, 9.17) is 28.9 Å². The third kappa shape index (κ3) is 8.68. The summed E-state index contributed by atoms with van der Waals surface area (Å²) in [7, 11) is 2.87. The van der Waals surface area contributed by atoms with Crippen molar-refractivity contribution < 1.29 is 38.1 Å². The highest BCUT2D eigenvalue weighted by Gasteiger charge is 2.62. The number of nitrogens with one attached hydrogen (secondary N) is 3. The van der Waals surface area contributed by atoms with Gasteiger partial charge in [0.25, 0.3) is 0 Å². The van der Waals surface area contributed by atoms with E-state index in [1.165, 1.54) is 36.2 Å². The van der Waals surface area contributed by atoms with Gasteiger partial charge in [0.2, 0.25) is 11.8 Å². The van der Waals surface area contributed by atoms with Crippen LogP contribution in [0.3, 0.4) is 0 Å². The van der Waals surface area contributed by atoms with Crippen LogP contribution in [0.25, 0.3) is 22.3 Å². The minimum Gasteiger partial charge on any atom is -0.497 e. The minimum atomic E-state index is -1.28. The highest BCUT2D eigenvalue weighted by atomic mass is 32.1. The number of alkyl carbamates (subject to hydrolysis) is 1. The molecule has 1 saturated heterocycles. The summed E-state index contributed by atoms with van der Waals surface area (Å²) in [5.41, 5.74) is -0.112. The molecule has 57 heavy (non-hydrogen) atoms. The summed E-state index contributed by atoms with van der Waals surface area (Å²) in [4.78, 5) is 66.4. The maximum atomic E-state index is 14.7. The fourth-order valence-corrected chi connectivity index (χ4v) is 9.18. The summed E-state index contributed by atoms with van der Waals surface area (Å²) in [5, 5.41) is 12.8. The zero-order valence-corrected chi connectivity index (χ0v) is 34.2. The molecule has 7 rings (SSSR count). The first kappa shape index (κ1) is 40.3. The Kier molecular flexibility index (Phi) is 11.7. The molecule has 3 heterocycles. The maximum absolute atomic E-state index is 14.7. The molecule has 3 N–H and O–H groups in total. The Hall–Kier alpha value is -4.92.